The maximum absolute atomic E-state index is 10.7. The van der Waals surface area contributed by atoms with Crippen molar-refractivity contribution in [2.45, 2.75) is 45.6 Å². The van der Waals surface area contributed by atoms with E-state index >= 15 is 0 Å². The van der Waals surface area contributed by atoms with Crippen molar-refractivity contribution in [3.63, 3.8) is 0 Å². The number of nitrogens with zero attached hydrogens (tertiary/aromatic N) is 2. The molecule has 0 radical (unpaired) electrons. The minimum atomic E-state index is -0.710. The van der Waals surface area contributed by atoms with Gasteiger partial charge in [-0.2, -0.15) is 0 Å². The van der Waals surface area contributed by atoms with Gasteiger partial charge in [0, 0.05) is 18.4 Å². The maximum Gasteiger partial charge on any atom is 0.303 e. The average molecular weight is 266 g/mol. The first-order valence-electron chi connectivity index (χ1n) is 6.74. The highest BCUT2D eigenvalue weighted by Gasteiger charge is 2.26. The third kappa shape index (κ3) is 3.80. The van der Waals surface area contributed by atoms with E-state index in [1.807, 2.05) is 0 Å². The van der Waals surface area contributed by atoms with Gasteiger partial charge >= 0.3 is 5.97 Å². The first kappa shape index (κ1) is 14.1. The molecule has 0 spiro atoms. The van der Waals surface area contributed by atoms with Gasteiger partial charge < -0.3 is 9.52 Å². The predicted molar refractivity (Wildman–Crippen MR) is 70.8 cm³/mol. The van der Waals surface area contributed by atoms with E-state index in [1.54, 1.807) is 6.20 Å². The first-order chi connectivity index (χ1) is 8.84. The third-order valence-electron chi connectivity index (χ3n) is 3.48. The van der Waals surface area contributed by atoms with Crippen LogP contribution in [0, 0.1) is 5.92 Å². The molecule has 2 rings (SSSR count). The Kier molecular flexibility index (Phi) is 3.94. The number of carboxylic acids is 1. The number of aliphatic carboxylic acids is 1. The van der Waals surface area contributed by atoms with E-state index in [0.717, 1.165) is 31.2 Å². The molecule has 1 saturated heterocycles. The molecule has 1 aliphatic rings. The van der Waals surface area contributed by atoms with Gasteiger partial charge in [0.1, 0.15) is 5.76 Å². The van der Waals surface area contributed by atoms with Gasteiger partial charge in [-0.15, -0.1) is 0 Å². The van der Waals surface area contributed by atoms with Gasteiger partial charge in [0.25, 0.3) is 0 Å². The minimum Gasteiger partial charge on any atom is -0.481 e. The molecule has 1 fully saturated rings. The van der Waals surface area contributed by atoms with E-state index in [-0.39, 0.29) is 17.8 Å². The zero-order chi connectivity index (χ0) is 14.0. The Morgan fingerprint density at radius 3 is 2.89 bits per heavy atom. The summed E-state index contributed by atoms with van der Waals surface area (Å²) in [6.45, 7) is 8.69. The second-order valence-corrected chi connectivity index (χ2v) is 6.36. The molecule has 1 aromatic rings. The van der Waals surface area contributed by atoms with E-state index in [2.05, 4.69) is 30.7 Å². The van der Waals surface area contributed by atoms with Crippen LogP contribution in [0.2, 0.25) is 0 Å². The van der Waals surface area contributed by atoms with Crippen LogP contribution in [0.3, 0.4) is 0 Å². The zero-order valence-corrected chi connectivity index (χ0v) is 11.8. The van der Waals surface area contributed by atoms with Crippen LogP contribution in [0.5, 0.6) is 0 Å². The highest BCUT2D eigenvalue weighted by Crippen LogP contribution is 2.25. The second-order valence-electron chi connectivity index (χ2n) is 6.36. The van der Waals surface area contributed by atoms with E-state index in [9.17, 15) is 4.79 Å². The lowest BCUT2D eigenvalue weighted by Crippen LogP contribution is -2.21. The van der Waals surface area contributed by atoms with Crippen molar-refractivity contribution in [3.05, 3.63) is 17.8 Å². The molecular weight excluding hydrogens is 244 g/mol. The SMILES string of the molecule is CC(C)(C)c1cnc(CN2CCC(CC(=O)O)C2)o1. The normalized spacial score (nSPS) is 20.9. The molecule has 1 N–H and O–H groups in total. The summed E-state index contributed by atoms with van der Waals surface area (Å²) < 4.78 is 5.76. The van der Waals surface area contributed by atoms with Crippen LogP contribution in [-0.2, 0) is 16.8 Å². The Balaban J connectivity index is 1.89. The number of hydrogen-bond acceptors (Lipinski definition) is 4. The summed E-state index contributed by atoms with van der Waals surface area (Å²) >= 11 is 0. The summed E-state index contributed by atoms with van der Waals surface area (Å²) in [6.07, 6.45) is 2.99. The molecule has 1 aromatic heterocycles. The molecule has 19 heavy (non-hydrogen) atoms. The highest BCUT2D eigenvalue weighted by atomic mass is 16.4. The fraction of sp³-hybridized carbons (Fsp3) is 0.714. The average Bonchev–Trinajstić information content (AvgIpc) is 2.86. The molecule has 0 saturated carbocycles. The van der Waals surface area contributed by atoms with Gasteiger partial charge in [-0.05, 0) is 18.9 Å². The van der Waals surface area contributed by atoms with Crippen molar-refractivity contribution in [2.75, 3.05) is 13.1 Å². The van der Waals surface area contributed by atoms with Gasteiger partial charge in [-0.3, -0.25) is 9.69 Å². The molecule has 0 amide bonds. The van der Waals surface area contributed by atoms with Gasteiger partial charge in [0.2, 0.25) is 5.89 Å². The molecular formula is C14H22N2O3. The minimum absolute atomic E-state index is 0.0257. The van der Waals surface area contributed by atoms with E-state index < -0.39 is 5.97 Å². The lowest BCUT2D eigenvalue weighted by atomic mass is 9.94. The summed E-state index contributed by atoms with van der Waals surface area (Å²) in [5, 5.41) is 8.79. The van der Waals surface area contributed by atoms with Crippen LogP contribution < -0.4 is 0 Å². The Labute approximate surface area is 113 Å². The summed E-state index contributed by atoms with van der Waals surface area (Å²) in [7, 11) is 0. The number of likely N-dealkylation sites (tertiary alicyclic amines) is 1. The summed E-state index contributed by atoms with van der Waals surface area (Å²) in [6, 6.07) is 0. The lowest BCUT2D eigenvalue weighted by molar-refractivity contribution is -0.138. The third-order valence-corrected chi connectivity index (χ3v) is 3.48. The molecule has 106 valence electrons. The van der Waals surface area contributed by atoms with E-state index in [0.29, 0.717) is 6.54 Å². The summed E-state index contributed by atoms with van der Waals surface area (Å²) in [5.74, 6) is 1.16. The Bertz CT molecular complexity index is 448. The predicted octanol–water partition coefficient (Wildman–Crippen LogP) is 2.27. The number of aromatic nitrogens is 1. The molecule has 2 heterocycles. The molecule has 0 aromatic carbocycles. The van der Waals surface area contributed by atoms with Crippen LogP contribution in [0.15, 0.2) is 10.6 Å². The molecule has 1 unspecified atom stereocenters. The van der Waals surface area contributed by atoms with Crippen molar-refractivity contribution in [2.24, 2.45) is 5.92 Å². The molecule has 0 bridgehead atoms. The monoisotopic (exact) mass is 266 g/mol. The second kappa shape index (κ2) is 5.33. The van der Waals surface area contributed by atoms with Crippen LogP contribution in [-0.4, -0.2) is 34.0 Å². The smallest absolute Gasteiger partial charge is 0.303 e. The van der Waals surface area contributed by atoms with Crippen molar-refractivity contribution < 1.29 is 14.3 Å². The maximum atomic E-state index is 10.7. The van der Waals surface area contributed by atoms with Crippen LogP contribution in [0.4, 0.5) is 0 Å². The van der Waals surface area contributed by atoms with Crippen LogP contribution >= 0.6 is 0 Å². The fourth-order valence-corrected chi connectivity index (χ4v) is 2.39. The van der Waals surface area contributed by atoms with Gasteiger partial charge in [-0.1, -0.05) is 20.8 Å². The number of hydrogen-bond donors (Lipinski definition) is 1. The number of oxazole rings is 1. The Morgan fingerprint density at radius 2 is 2.32 bits per heavy atom. The van der Waals surface area contributed by atoms with Crippen molar-refractivity contribution >= 4 is 5.97 Å². The zero-order valence-electron chi connectivity index (χ0n) is 11.8. The first-order valence-corrected chi connectivity index (χ1v) is 6.74. The number of carbonyl (C=O) groups is 1. The molecule has 1 atom stereocenters. The van der Waals surface area contributed by atoms with Crippen molar-refractivity contribution in [1.29, 1.82) is 0 Å². The van der Waals surface area contributed by atoms with Crippen molar-refractivity contribution in [3.8, 4) is 0 Å². The lowest BCUT2D eigenvalue weighted by Gasteiger charge is -2.15. The Hall–Kier alpha value is -1.36. The van der Waals surface area contributed by atoms with Gasteiger partial charge in [0.15, 0.2) is 0 Å². The van der Waals surface area contributed by atoms with Crippen molar-refractivity contribution in [1.82, 2.24) is 9.88 Å². The number of carboxylic acid groups (broad SMARTS) is 1. The molecule has 5 heteroatoms. The Morgan fingerprint density at radius 1 is 1.58 bits per heavy atom. The van der Waals surface area contributed by atoms with Gasteiger partial charge in [-0.25, -0.2) is 4.98 Å². The standard InChI is InChI=1S/C14H22N2O3/c1-14(2,3)11-7-15-12(19-11)9-16-5-4-10(8-16)6-13(17)18/h7,10H,4-6,8-9H2,1-3H3,(H,17,18). The number of rotatable bonds is 4. The van der Waals surface area contributed by atoms with E-state index in [4.69, 9.17) is 9.52 Å². The van der Waals surface area contributed by atoms with Crippen LogP contribution in [0.25, 0.3) is 0 Å². The van der Waals surface area contributed by atoms with E-state index in [1.165, 1.54) is 0 Å². The molecule has 1 aliphatic heterocycles. The fourth-order valence-electron chi connectivity index (χ4n) is 2.39. The highest BCUT2D eigenvalue weighted by molar-refractivity contribution is 5.67. The quantitative estimate of drug-likeness (QED) is 0.905. The summed E-state index contributed by atoms with van der Waals surface area (Å²) in [4.78, 5) is 17.2. The largest absolute Gasteiger partial charge is 0.481 e. The van der Waals surface area contributed by atoms with Gasteiger partial charge in [0.05, 0.1) is 12.7 Å². The summed E-state index contributed by atoms with van der Waals surface area (Å²) in [5.41, 5.74) is -0.0257. The van der Waals surface area contributed by atoms with Crippen LogP contribution in [0.1, 0.15) is 45.3 Å². The molecule has 5 nitrogen and oxygen atoms in total. The molecule has 0 aliphatic carbocycles. The topological polar surface area (TPSA) is 66.6 Å².